The number of carbonyl (C=O) groups is 1. The van der Waals surface area contributed by atoms with E-state index in [9.17, 15) is 4.79 Å². The predicted octanol–water partition coefficient (Wildman–Crippen LogP) is 3.43. The maximum Gasteiger partial charge on any atom is 0.238 e. The van der Waals surface area contributed by atoms with Gasteiger partial charge in [0.05, 0.1) is 26.5 Å². The lowest BCUT2D eigenvalue weighted by Crippen LogP contribution is -2.30. The van der Waals surface area contributed by atoms with Crippen LogP contribution in [0.1, 0.15) is 5.56 Å². The number of hydrogen-bond donors (Lipinski definition) is 1. The number of para-hydroxylation sites is 1. The molecule has 0 spiro atoms. The predicted molar refractivity (Wildman–Crippen MR) is 96.0 cm³/mol. The number of halogens is 1. The van der Waals surface area contributed by atoms with E-state index in [1.54, 1.807) is 32.4 Å². The summed E-state index contributed by atoms with van der Waals surface area (Å²) in [5.74, 6) is 1.23. The van der Waals surface area contributed by atoms with Crippen LogP contribution in [0.15, 0.2) is 42.5 Å². The molecule has 2 aromatic rings. The Morgan fingerprint density at radius 2 is 1.83 bits per heavy atom. The van der Waals surface area contributed by atoms with E-state index in [-0.39, 0.29) is 12.5 Å². The number of methoxy groups -OCH3 is 2. The third kappa shape index (κ3) is 4.88. The monoisotopic (exact) mass is 348 g/mol. The van der Waals surface area contributed by atoms with Gasteiger partial charge >= 0.3 is 0 Å². The molecule has 0 aromatic heterocycles. The molecule has 0 unspecified atom stereocenters. The third-order valence-corrected chi connectivity index (χ3v) is 3.72. The smallest absolute Gasteiger partial charge is 0.238 e. The molecule has 0 bridgehead atoms. The van der Waals surface area contributed by atoms with E-state index in [4.69, 9.17) is 21.1 Å². The van der Waals surface area contributed by atoms with Gasteiger partial charge in [0.1, 0.15) is 11.5 Å². The fraction of sp³-hybridized carbons (Fsp3) is 0.278. The summed E-state index contributed by atoms with van der Waals surface area (Å²) in [6.07, 6.45) is 0. The van der Waals surface area contributed by atoms with Gasteiger partial charge in [-0.05, 0) is 31.3 Å². The Morgan fingerprint density at radius 3 is 2.54 bits per heavy atom. The summed E-state index contributed by atoms with van der Waals surface area (Å²) < 4.78 is 10.6. The molecule has 1 N–H and O–H groups in total. The number of amides is 1. The third-order valence-electron chi connectivity index (χ3n) is 3.48. The summed E-state index contributed by atoms with van der Waals surface area (Å²) in [5, 5.41) is 3.36. The first-order chi connectivity index (χ1) is 11.5. The topological polar surface area (TPSA) is 50.8 Å². The Hall–Kier alpha value is -2.24. The van der Waals surface area contributed by atoms with Crippen molar-refractivity contribution in [1.29, 1.82) is 0 Å². The molecule has 0 fully saturated rings. The maximum absolute atomic E-state index is 12.3. The molecule has 0 saturated heterocycles. The van der Waals surface area contributed by atoms with Crippen LogP contribution in [0.2, 0.25) is 5.02 Å². The van der Waals surface area contributed by atoms with Crippen molar-refractivity contribution < 1.29 is 14.3 Å². The lowest BCUT2D eigenvalue weighted by Gasteiger charge is -2.18. The highest BCUT2D eigenvalue weighted by Gasteiger charge is 2.12. The van der Waals surface area contributed by atoms with Crippen molar-refractivity contribution in [3.05, 3.63) is 53.1 Å². The lowest BCUT2D eigenvalue weighted by atomic mass is 10.2. The zero-order chi connectivity index (χ0) is 17.5. The van der Waals surface area contributed by atoms with Gasteiger partial charge < -0.3 is 14.8 Å². The number of ether oxygens (including phenoxy) is 2. The molecule has 0 saturated carbocycles. The fourth-order valence-corrected chi connectivity index (χ4v) is 2.57. The largest absolute Gasteiger partial charge is 0.496 e. The van der Waals surface area contributed by atoms with Gasteiger partial charge in [-0.2, -0.15) is 0 Å². The number of anilines is 1. The molecule has 24 heavy (non-hydrogen) atoms. The Bertz CT molecular complexity index is 706. The summed E-state index contributed by atoms with van der Waals surface area (Å²) in [4.78, 5) is 14.2. The average Bonchev–Trinajstić information content (AvgIpc) is 2.55. The Kier molecular flexibility index (Phi) is 6.46. The van der Waals surface area contributed by atoms with Crippen molar-refractivity contribution in [3.8, 4) is 11.5 Å². The van der Waals surface area contributed by atoms with E-state index in [1.165, 1.54) is 0 Å². The maximum atomic E-state index is 12.3. The second-order valence-corrected chi connectivity index (χ2v) is 5.81. The van der Waals surface area contributed by atoms with Crippen LogP contribution in [0.3, 0.4) is 0 Å². The zero-order valence-electron chi connectivity index (χ0n) is 14.0. The number of benzene rings is 2. The lowest BCUT2D eigenvalue weighted by molar-refractivity contribution is -0.117. The molecule has 0 heterocycles. The highest BCUT2D eigenvalue weighted by atomic mass is 35.5. The molecule has 0 aliphatic rings. The second kappa shape index (κ2) is 8.57. The fourth-order valence-electron chi connectivity index (χ4n) is 2.39. The Morgan fingerprint density at radius 1 is 1.12 bits per heavy atom. The standard InChI is InChI=1S/C18H21ClN2O3/c1-21(11-13-6-4-5-7-16(13)23-2)12-18(22)20-15-10-14(19)8-9-17(15)24-3/h4-10H,11-12H2,1-3H3,(H,20,22). The van der Waals surface area contributed by atoms with Crippen molar-refractivity contribution in [2.75, 3.05) is 33.1 Å². The SMILES string of the molecule is COc1ccccc1CN(C)CC(=O)Nc1cc(Cl)ccc1OC. The van der Waals surface area contributed by atoms with Crippen molar-refractivity contribution in [2.45, 2.75) is 6.54 Å². The summed E-state index contributed by atoms with van der Waals surface area (Å²) >= 11 is 5.97. The normalized spacial score (nSPS) is 10.5. The van der Waals surface area contributed by atoms with Crippen molar-refractivity contribution >= 4 is 23.2 Å². The molecule has 0 atom stereocenters. The number of nitrogens with one attached hydrogen (secondary N) is 1. The minimum atomic E-state index is -0.145. The van der Waals surface area contributed by atoms with E-state index in [0.29, 0.717) is 23.0 Å². The van der Waals surface area contributed by atoms with Crippen molar-refractivity contribution in [3.63, 3.8) is 0 Å². The molecule has 2 aromatic carbocycles. The number of hydrogen-bond acceptors (Lipinski definition) is 4. The quantitative estimate of drug-likeness (QED) is 0.833. The number of nitrogens with zero attached hydrogens (tertiary/aromatic N) is 1. The first-order valence-corrected chi connectivity index (χ1v) is 7.85. The van der Waals surface area contributed by atoms with Crippen molar-refractivity contribution in [1.82, 2.24) is 4.90 Å². The van der Waals surface area contributed by atoms with E-state index >= 15 is 0 Å². The van der Waals surface area contributed by atoms with Gasteiger partial charge in [0.2, 0.25) is 5.91 Å². The van der Waals surface area contributed by atoms with E-state index in [1.807, 2.05) is 36.2 Å². The van der Waals surface area contributed by atoms with Gasteiger partial charge in [-0.15, -0.1) is 0 Å². The molecular weight excluding hydrogens is 328 g/mol. The molecule has 0 aliphatic heterocycles. The van der Waals surface area contributed by atoms with Crippen LogP contribution in [-0.4, -0.2) is 38.6 Å². The van der Waals surface area contributed by atoms with Gasteiger partial charge in [-0.25, -0.2) is 0 Å². The first-order valence-electron chi connectivity index (χ1n) is 7.47. The first kappa shape index (κ1) is 18.1. The van der Waals surface area contributed by atoms with Crippen LogP contribution >= 0.6 is 11.6 Å². The minimum Gasteiger partial charge on any atom is -0.496 e. The van der Waals surface area contributed by atoms with Gasteiger partial charge in [0.15, 0.2) is 0 Å². The zero-order valence-corrected chi connectivity index (χ0v) is 14.8. The summed E-state index contributed by atoms with van der Waals surface area (Å²) in [5.41, 5.74) is 1.58. The molecule has 2 rings (SSSR count). The average molecular weight is 349 g/mol. The van der Waals surface area contributed by atoms with E-state index in [2.05, 4.69) is 5.32 Å². The second-order valence-electron chi connectivity index (χ2n) is 5.38. The number of rotatable bonds is 7. The van der Waals surface area contributed by atoms with Crippen LogP contribution < -0.4 is 14.8 Å². The van der Waals surface area contributed by atoms with Crippen LogP contribution in [0, 0.1) is 0 Å². The van der Waals surface area contributed by atoms with Crippen molar-refractivity contribution in [2.24, 2.45) is 0 Å². The summed E-state index contributed by atoms with van der Waals surface area (Å²) in [7, 11) is 5.06. The Balaban J connectivity index is 1.98. The highest BCUT2D eigenvalue weighted by Crippen LogP contribution is 2.27. The van der Waals surface area contributed by atoms with E-state index in [0.717, 1.165) is 11.3 Å². The van der Waals surface area contributed by atoms with Gasteiger partial charge in [-0.1, -0.05) is 29.8 Å². The summed E-state index contributed by atoms with van der Waals surface area (Å²) in [6, 6.07) is 12.8. The molecule has 128 valence electrons. The minimum absolute atomic E-state index is 0.145. The van der Waals surface area contributed by atoms with Gasteiger partial charge in [0.25, 0.3) is 0 Å². The van der Waals surface area contributed by atoms with E-state index < -0.39 is 0 Å². The molecule has 0 aliphatic carbocycles. The van der Waals surface area contributed by atoms with Crippen LogP contribution in [0.25, 0.3) is 0 Å². The molecule has 1 amide bonds. The highest BCUT2D eigenvalue weighted by molar-refractivity contribution is 6.31. The molecule has 5 nitrogen and oxygen atoms in total. The van der Waals surface area contributed by atoms with Crippen LogP contribution in [0.5, 0.6) is 11.5 Å². The van der Waals surface area contributed by atoms with Crippen LogP contribution in [-0.2, 0) is 11.3 Å². The van der Waals surface area contributed by atoms with Gasteiger partial charge in [0, 0.05) is 17.1 Å². The van der Waals surface area contributed by atoms with Crippen LogP contribution in [0.4, 0.5) is 5.69 Å². The number of carbonyl (C=O) groups excluding carboxylic acids is 1. The molecule has 0 radical (unpaired) electrons. The summed E-state index contributed by atoms with van der Waals surface area (Å²) in [6.45, 7) is 0.831. The van der Waals surface area contributed by atoms with Gasteiger partial charge in [-0.3, -0.25) is 9.69 Å². The Labute approximate surface area is 147 Å². The molecule has 6 heteroatoms. The number of likely N-dealkylation sites (N-methyl/N-ethyl adjacent to an activating group) is 1. The molecular formula is C18H21ClN2O3.